The van der Waals surface area contributed by atoms with E-state index in [1.54, 1.807) is 0 Å². The second kappa shape index (κ2) is 8.02. The van der Waals surface area contributed by atoms with Crippen molar-refractivity contribution in [3.8, 4) is 0 Å². The molecule has 164 valence electrons. The Kier molecular flexibility index (Phi) is 6.25. The van der Waals surface area contributed by atoms with E-state index in [0.717, 1.165) is 11.8 Å². The summed E-state index contributed by atoms with van der Waals surface area (Å²) in [5.74, 6) is -1.53. The number of halogens is 5. The molecule has 0 bridgehead atoms. The number of rotatable bonds is 3. The van der Waals surface area contributed by atoms with Crippen molar-refractivity contribution in [2.24, 2.45) is 5.41 Å². The van der Waals surface area contributed by atoms with Gasteiger partial charge in [0, 0.05) is 20.4 Å². The van der Waals surface area contributed by atoms with Crippen LogP contribution in [-0.4, -0.2) is 15.2 Å². The predicted molar refractivity (Wildman–Crippen MR) is 114 cm³/mol. The molecule has 0 radical (unpaired) electrons. The van der Waals surface area contributed by atoms with Gasteiger partial charge in [-0.05, 0) is 64.5 Å². The molecule has 0 aliphatic heterocycles. The Balaban J connectivity index is 2.16. The van der Waals surface area contributed by atoms with Gasteiger partial charge in [-0.1, -0.05) is 33.8 Å². The number of pyridine rings is 1. The minimum atomic E-state index is -4.81. The Hall–Kier alpha value is -1.26. The smallest absolute Gasteiger partial charge is 0.388 e. The lowest BCUT2D eigenvalue weighted by Gasteiger charge is -2.36. The summed E-state index contributed by atoms with van der Waals surface area (Å²) >= 11 is 2.05. The minimum Gasteiger partial charge on any atom is -0.388 e. The first-order valence-corrected chi connectivity index (χ1v) is 10.8. The van der Waals surface area contributed by atoms with Gasteiger partial charge in [0.25, 0.3) is 0 Å². The van der Waals surface area contributed by atoms with Gasteiger partial charge in [-0.25, -0.2) is 4.39 Å². The van der Waals surface area contributed by atoms with Gasteiger partial charge in [-0.3, -0.25) is 4.98 Å². The summed E-state index contributed by atoms with van der Waals surface area (Å²) in [4.78, 5) is 4.75. The fourth-order valence-electron chi connectivity index (χ4n) is 4.07. The lowest BCUT2D eigenvalue weighted by atomic mass is 9.74. The molecule has 1 aromatic heterocycles. The summed E-state index contributed by atoms with van der Waals surface area (Å²) in [6, 6.07) is 2.43. The molecule has 0 amide bonds. The number of aliphatic hydroxyl groups is 2. The normalized spacial score (nSPS) is 19.7. The first kappa shape index (κ1) is 23.4. The van der Waals surface area contributed by atoms with Crippen LogP contribution in [0.25, 0.3) is 0 Å². The van der Waals surface area contributed by atoms with E-state index in [4.69, 9.17) is 4.98 Å². The summed E-state index contributed by atoms with van der Waals surface area (Å²) < 4.78 is 53.4. The number of aliphatic hydroxyl groups excluding tert-OH is 2. The Morgan fingerprint density at radius 2 is 1.87 bits per heavy atom. The Bertz CT molecular complexity index is 973. The van der Waals surface area contributed by atoms with Crippen molar-refractivity contribution in [2.45, 2.75) is 64.8 Å². The highest BCUT2D eigenvalue weighted by Crippen LogP contribution is 2.45. The lowest BCUT2D eigenvalue weighted by Crippen LogP contribution is -2.29. The summed E-state index contributed by atoms with van der Waals surface area (Å²) in [5, 5.41) is 21.8. The third kappa shape index (κ3) is 4.36. The number of aromatic nitrogens is 1. The number of hydrogen-bond acceptors (Lipinski definition) is 3. The molecule has 30 heavy (non-hydrogen) atoms. The number of nitrogens with zero attached hydrogens (tertiary/aromatic N) is 1. The molecule has 2 aromatic rings. The van der Waals surface area contributed by atoms with Gasteiger partial charge < -0.3 is 10.2 Å². The Morgan fingerprint density at radius 1 is 1.23 bits per heavy atom. The number of alkyl halides is 3. The van der Waals surface area contributed by atoms with Crippen LogP contribution in [0, 0.1) is 14.8 Å². The Morgan fingerprint density at radius 3 is 2.40 bits per heavy atom. The highest BCUT2D eigenvalue weighted by atomic mass is 127. The molecule has 0 saturated carbocycles. The molecule has 2 N–H and O–H groups in total. The molecule has 0 spiro atoms. The van der Waals surface area contributed by atoms with Crippen LogP contribution in [0.4, 0.5) is 17.6 Å². The van der Waals surface area contributed by atoms with Crippen LogP contribution in [0.15, 0.2) is 18.2 Å². The van der Waals surface area contributed by atoms with Crippen molar-refractivity contribution < 1.29 is 27.8 Å². The maximum atomic E-state index is 14.1. The van der Waals surface area contributed by atoms with Gasteiger partial charge in [0.1, 0.15) is 11.9 Å². The van der Waals surface area contributed by atoms with Crippen molar-refractivity contribution >= 4 is 22.6 Å². The zero-order valence-corrected chi connectivity index (χ0v) is 19.3. The third-order valence-corrected chi connectivity index (χ3v) is 6.64. The highest BCUT2D eigenvalue weighted by molar-refractivity contribution is 14.1. The first-order valence-electron chi connectivity index (χ1n) is 9.67. The van der Waals surface area contributed by atoms with Crippen molar-refractivity contribution in [3.05, 3.63) is 61.2 Å². The average molecular weight is 537 g/mol. The fraction of sp³-hybridized carbons (Fsp3) is 0.500. The van der Waals surface area contributed by atoms with E-state index in [-0.39, 0.29) is 16.9 Å². The standard InChI is InChI=1S/C22H24F4INO2/c1-10(2)19-17(18(27)16-14(28-19)8-21(3,4)9-15(16)29)20(30)11-5-6-12(13(23)7-11)22(24,25)26/h5-7,10,15,20,29-30H,8-9H2,1-4H3/t15-,20-/m0/s1. The summed E-state index contributed by atoms with van der Waals surface area (Å²) in [6.45, 7) is 7.91. The van der Waals surface area contributed by atoms with Gasteiger partial charge in [-0.2, -0.15) is 13.2 Å². The molecule has 1 aromatic carbocycles. The van der Waals surface area contributed by atoms with E-state index in [1.807, 2.05) is 36.4 Å². The molecule has 0 unspecified atom stereocenters. The molecule has 0 saturated heterocycles. The van der Waals surface area contributed by atoms with Crippen LogP contribution in [-0.2, 0) is 12.6 Å². The Labute approximate surface area is 186 Å². The SMILES string of the molecule is CC(C)c1nc2c(c(I)c1[C@@H](O)c1ccc(C(F)(F)F)c(F)c1)[C@@H](O)CC(C)(C)C2. The van der Waals surface area contributed by atoms with Gasteiger partial charge in [0.05, 0.1) is 17.4 Å². The van der Waals surface area contributed by atoms with Crippen LogP contribution in [0.3, 0.4) is 0 Å². The predicted octanol–water partition coefficient (Wildman–Crippen LogP) is 6.06. The number of fused-ring (bicyclic) bond motifs is 1. The van der Waals surface area contributed by atoms with E-state index in [0.29, 0.717) is 45.4 Å². The summed E-state index contributed by atoms with van der Waals surface area (Å²) in [7, 11) is 0. The number of benzene rings is 1. The lowest BCUT2D eigenvalue weighted by molar-refractivity contribution is -0.140. The van der Waals surface area contributed by atoms with E-state index in [1.165, 1.54) is 0 Å². The zero-order valence-electron chi connectivity index (χ0n) is 17.1. The van der Waals surface area contributed by atoms with Gasteiger partial charge in [-0.15, -0.1) is 0 Å². The van der Waals surface area contributed by atoms with Crippen LogP contribution in [0.1, 0.15) is 85.9 Å². The van der Waals surface area contributed by atoms with E-state index in [2.05, 4.69) is 13.8 Å². The van der Waals surface area contributed by atoms with Gasteiger partial charge in [0.2, 0.25) is 0 Å². The average Bonchev–Trinajstić information content (AvgIpc) is 2.57. The van der Waals surface area contributed by atoms with E-state index in [9.17, 15) is 27.8 Å². The zero-order chi connectivity index (χ0) is 22.6. The fourth-order valence-corrected chi connectivity index (χ4v) is 5.31. The van der Waals surface area contributed by atoms with Crippen LogP contribution < -0.4 is 0 Å². The second-order valence-corrected chi connectivity index (χ2v) is 10.0. The monoisotopic (exact) mass is 537 g/mol. The minimum absolute atomic E-state index is 0.00713. The van der Waals surface area contributed by atoms with Crippen molar-refractivity contribution in [1.29, 1.82) is 0 Å². The molecule has 3 rings (SSSR count). The van der Waals surface area contributed by atoms with E-state index >= 15 is 0 Å². The van der Waals surface area contributed by atoms with Gasteiger partial charge >= 0.3 is 6.18 Å². The molecule has 0 fully saturated rings. The quantitative estimate of drug-likeness (QED) is 0.370. The van der Waals surface area contributed by atoms with Crippen molar-refractivity contribution in [2.75, 3.05) is 0 Å². The molecule has 1 heterocycles. The van der Waals surface area contributed by atoms with Crippen LogP contribution in [0.5, 0.6) is 0 Å². The summed E-state index contributed by atoms with van der Waals surface area (Å²) in [5.41, 5.74) is 0.902. The molecular weight excluding hydrogens is 513 g/mol. The molecule has 3 nitrogen and oxygen atoms in total. The molecule has 1 aliphatic rings. The van der Waals surface area contributed by atoms with Gasteiger partial charge in [0.15, 0.2) is 0 Å². The van der Waals surface area contributed by atoms with Crippen molar-refractivity contribution in [1.82, 2.24) is 4.98 Å². The first-order chi connectivity index (χ1) is 13.7. The maximum Gasteiger partial charge on any atom is 0.419 e. The van der Waals surface area contributed by atoms with Crippen molar-refractivity contribution in [3.63, 3.8) is 0 Å². The maximum absolute atomic E-state index is 14.1. The molecule has 8 heteroatoms. The van der Waals surface area contributed by atoms with E-state index < -0.39 is 29.8 Å². The topological polar surface area (TPSA) is 53.4 Å². The molecule has 1 aliphatic carbocycles. The molecule has 2 atom stereocenters. The second-order valence-electron chi connectivity index (χ2n) is 8.94. The third-order valence-electron chi connectivity index (χ3n) is 5.47. The van der Waals surface area contributed by atoms with Crippen LogP contribution >= 0.6 is 22.6 Å². The molecular formula is C22H24F4INO2. The number of hydrogen-bond donors (Lipinski definition) is 2. The van der Waals surface area contributed by atoms with Crippen LogP contribution in [0.2, 0.25) is 0 Å². The highest BCUT2D eigenvalue weighted by Gasteiger charge is 2.37. The largest absolute Gasteiger partial charge is 0.419 e. The summed E-state index contributed by atoms with van der Waals surface area (Å²) in [6.07, 6.45) is -5.75.